The van der Waals surface area contributed by atoms with Gasteiger partial charge in [-0.2, -0.15) is 0 Å². The lowest BCUT2D eigenvalue weighted by Gasteiger charge is -2.12. The highest BCUT2D eigenvalue weighted by Crippen LogP contribution is 2.25. The van der Waals surface area contributed by atoms with Gasteiger partial charge in [-0.05, 0) is 28.3 Å². The number of benzene rings is 1. The largest absolute Gasteiger partial charge is 0.465 e. The second kappa shape index (κ2) is 5.31. The van der Waals surface area contributed by atoms with Crippen LogP contribution in [0.2, 0.25) is 19.6 Å². The third kappa shape index (κ3) is 3.14. The SMILES string of the molecule is COC(=O)c1ccc(-c2ccc([Si](C)(C)C)s2)cc1. The van der Waals surface area contributed by atoms with E-state index in [0.717, 1.165) is 5.56 Å². The van der Waals surface area contributed by atoms with Crippen LogP contribution in [-0.2, 0) is 4.74 Å². The maximum atomic E-state index is 11.4. The molecule has 0 radical (unpaired) electrons. The number of hydrogen-bond acceptors (Lipinski definition) is 3. The molecule has 0 aliphatic carbocycles. The van der Waals surface area contributed by atoms with E-state index in [1.54, 1.807) is 0 Å². The average molecular weight is 290 g/mol. The van der Waals surface area contributed by atoms with E-state index < -0.39 is 8.07 Å². The smallest absolute Gasteiger partial charge is 0.337 e. The molecule has 1 aromatic carbocycles. The first-order chi connectivity index (χ1) is 8.91. The van der Waals surface area contributed by atoms with Crippen molar-refractivity contribution in [3.63, 3.8) is 0 Å². The third-order valence-electron chi connectivity index (χ3n) is 2.94. The summed E-state index contributed by atoms with van der Waals surface area (Å²) in [6, 6.07) is 12.0. The zero-order valence-corrected chi connectivity index (χ0v) is 13.5. The molecule has 100 valence electrons. The van der Waals surface area contributed by atoms with Gasteiger partial charge in [-0.3, -0.25) is 0 Å². The fraction of sp³-hybridized carbons (Fsp3) is 0.267. The molecule has 0 N–H and O–H groups in total. The number of hydrogen-bond donors (Lipinski definition) is 0. The quantitative estimate of drug-likeness (QED) is 0.636. The van der Waals surface area contributed by atoms with Crippen LogP contribution in [0.3, 0.4) is 0 Å². The first kappa shape index (κ1) is 14.0. The van der Waals surface area contributed by atoms with E-state index in [-0.39, 0.29) is 5.97 Å². The first-order valence-electron chi connectivity index (χ1n) is 6.21. The molecule has 0 bridgehead atoms. The molecule has 0 saturated carbocycles. The van der Waals surface area contributed by atoms with Gasteiger partial charge in [0.2, 0.25) is 0 Å². The van der Waals surface area contributed by atoms with E-state index in [1.165, 1.54) is 16.5 Å². The number of thiophene rings is 1. The Hall–Kier alpha value is -1.39. The summed E-state index contributed by atoms with van der Waals surface area (Å²) in [5.74, 6) is -0.291. The summed E-state index contributed by atoms with van der Waals surface area (Å²) in [7, 11) is 0.163. The molecule has 2 nitrogen and oxygen atoms in total. The zero-order chi connectivity index (χ0) is 14.0. The Labute approximate surface area is 119 Å². The molecule has 1 aromatic heterocycles. The highest BCUT2D eigenvalue weighted by molar-refractivity contribution is 7.28. The summed E-state index contributed by atoms with van der Waals surface area (Å²) in [6.07, 6.45) is 0. The Bertz CT molecular complexity index is 579. The lowest BCUT2D eigenvalue weighted by Crippen LogP contribution is -2.34. The Morgan fingerprint density at radius 2 is 1.68 bits per heavy atom. The third-order valence-corrected chi connectivity index (χ3v) is 7.67. The van der Waals surface area contributed by atoms with Gasteiger partial charge in [0, 0.05) is 4.88 Å². The van der Waals surface area contributed by atoms with Crippen molar-refractivity contribution in [1.82, 2.24) is 0 Å². The second-order valence-electron chi connectivity index (χ2n) is 5.48. The maximum Gasteiger partial charge on any atom is 0.337 e. The molecule has 0 amide bonds. The molecule has 2 aromatic rings. The predicted molar refractivity (Wildman–Crippen MR) is 84.1 cm³/mol. The summed E-state index contributed by atoms with van der Waals surface area (Å²) in [5, 5.41) is 0. The summed E-state index contributed by atoms with van der Waals surface area (Å²) in [5.41, 5.74) is 1.75. The molecule has 0 fully saturated rings. The predicted octanol–water partition coefficient (Wildman–Crippen LogP) is 3.75. The molecule has 4 heteroatoms. The van der Waals surface area contributed by atoms with Crippen molar-refractivity contribution in [1.29, 1.82) is 0 Å². The number of ether oxygens (including phenoxy) is 1. The van der Waals surface area contributed by atoms with Crippen LogP contribution in [-0.4, -0.2) is 21.2 Å². The molecule has 0 aliphatic rings. The van der Waals surface area contributed by atoms with E-state index in [2.05, 4.69) is 31.8 Å². The lowest BCUT2D eigenvalue weighted by molar-refractivity contribution is 0.0601. The summed E-state index contributed by atoms with van der Waals surface area (Å²) < 4.78 is 6.20. The molecular weight excluding hydrogens is 272 g/mol. The van der Waals surface area contributed by atoms with Crippen molar-refractivity contribution >= 4 is 29.9 Å². The normalized spacial score (nSPS) is 11.4. The fourth-order valence-corrected chi connectivity index (χ4v) is 4.69. The molecule has 0 aliphatic heterocycles. The van der Waals surface area contributed by atoms with Gasteiger partial charge in [0.15, 0.2) is 0 Å². The molecule has 1 heterocycles. The van der Waals surface area contributed by atoms with E-state index in [4.69, 9.17) is 4.74 Å². The van der Waals surface area contributed by atoms with E-state index in [1.807, 2.05) is 35.6 Å². The van der Waals surface area contributed by atoms with Crippen molar-refractivity contribution in [2.75, 3.05) is 7.11 Å². The Balaban J connectivity index is 2.28. The molecule has 0 atom stereocenters. The number of rotatable bonds is 3. The molecular formula is C15H18O2SSi. The summed E-state index contributed by atoms with van der Waals surface area (Å²) >= 11 is 1.86. The minimum atomic E-state index is -1.24. The van der Waals surface area contributed by atoms with Gasteiger partial charge in [0.05, 0.1) is 20.7 Å². The Morgan fingerprint density at radius 3 is 2.16 bits per heavy atom. The number of methoxy groups -OCH3 is 1. The fourth-order valence-electron chi connectivity index (χ4n) is 1.78. The van der Waals surface area contributed by atoms with Crippen LogP contribution in [0.25, 0.3) is 10.4 Å². The number of esters is 1. The van der Waals surface area contributed by atoms with E-state index in [9.17, 15) is 4.79 Å². The number of carbonyl (C=O) groups excluding carboxylic acids is 1. The second-order valence-corrected chi connectivity index (χ2v) is 12.0. The van der Waals surface area contributed by atoms with Gasteiger partial charge < -0.3 is 4.74 Å². The van der Waals surface area contributed by atoms with Gasteiger partial charge in [-0.1, -0.05) is 37.8 Å². The first-order valence-corrected chi connectivity index (χ1v) is 10.5. The van der Waals surface area contributed by atoms with Crippen molar-refractivity contribution in [3.8, 4) is 10.4 Å². The van der Waals surface area contributed by atoms with E-state index >= 15 is 0 Å². The van der Waals surface area contributed by atoms with Gasteiger partial charge in [0.25, 0.3) is 0 Å². The van der Waals surface area contributed by atoms with Crippen molar-refractivity contribution in [3.05, 3.63) is 42.0 Å². The van der Waals surface area contributed by atoms with Gasteiger partial charge in [0.1, 0.15) is 0 Å². The van der Waals surface area contributed by atoms with Crippen molar-refractivity contribution < 1.29 is 9.53 Å². The summed E-state index contributed by atoms with van der Waals surface area (Å²) in [4.78, 5) is 12.6. The Kier molecular flexibility index (Phi) is 3.92. The van der Waals surface area contributed by atoms with Crippen molar-refractivity contribution in [2.24, 2.45) is 0 Å². The van der Waals surface area contributed by atoms with Gasteiger partial charge >= 0.3 is 5.97 Å². The van der Waals surface area contributed by atoms with Crippen LogP contribution in [0.1, 0.15) is 10.4 Å². The molecule has 2 rings (SSSR count). The highest BCUT2D eigenvalue weighted by atomic mass is 32.1. The van der Waals surface area contributed by atoms with Gasteiger partial charge in [-0.25, -0.2) is 4.79 Å². The van der Waals surface area contributed by atoms with Crippen LogP contribution in [0, 0.1) is 0 Å². The van der Waals surface area contributed by atoms with Crippen LogP contribution >= 0.6 is 11.3 Å². The standard InChI is InChI=1S/C15H18O2SSi/c1-17-15(16)12-7-5-11(6-8-12)13-9-10-14(18-13)19(2,3)4/h5-10H,1-4H3. The van der Waals surface area contributed by atoms with Crippen LogP contribution in [0.4, 0.5) is 0 Å². The minimum absolute atomic E-state index is 0.291. The molecule has 0 saturated heterocycles. The van der Waals surface area contributed by atoms with Crippen LogP contribution in [0.5, 0.6) is 0 Å². The Morgan fingerprint density at radius 1 is 1.05 bits per heavy atom. The minimum Gasteiger partial charge on any atom is -0.465 e. The molecule has 19 heavy (non-hydrogen) atoms. The van der Waals surface area contributed by atoms with Crippen LogP contribution in [0.15, 0.2) is 36.4 Å². The van der Waals surface area contributed by atoms with Crippen LogP contribution < -0.4 is 4.50 Å². The van der Waals surface area contributed by atoms with E-state index in [0.29, 0.717) is 5.56 Å². The van der Waals surface area contributed by atoms with Gasteiger partial charge in [-0.15, -0.1) is 11.3 Å². The number of carbonyl (C=O) groups is 1. The topological polar surface area (TPSA) is 26.3 Å². The molecule has 0 spiro atoms. The summed E-state index contributed by atoms with van der Waals surface area (Å²) in [6.45, 7) is 7.05. The highest BCUT2D eigenvalue weighted by Gasteiger charge is 2.19. The maximum absolute atomic E-state index is 11.4. The zero-order valence-electron chi connectivity index (χ0n) is 11.7. The average Bonchev–Trinajstić information content (AvgIpc) is 2.87. The monoisotopic (exact) mass is 290 g/mol. The molecule has 0 unspecified atom stereocenters. The van der Waals surface area contributed by atoms with Crippen molar-refractivity contribution in [2.45, 2.75) is 19.6 Å². The lowest BCUT2D eigenvalue weighted by atomic mass is 10.1.